The van der Waals surface area contributed by atoms with E-state index in [9.17, 15) is 4.79 Å². The second-order valence-electron chi connectivity index (χ2n) is 6.48. The Balaban J connectivity index is 1.59. The Labute approximate surface area is 157 Å². The number of nitrogens with zero attached hydrogens (tertiary/aromatic N) is 3. The predicted octanol–water partition coefficient (Wildman–Crippen LogP) is 4.35. The Morgan fingerprint density at radius 3 is 2.80 bits per heavy atom. The fraction of sp³-hybridized carbons (Fsp3) is 0.611. The summed E-state index contributed by atoms with van der Waals surface area (Å²) in [4.78, 5) is 13.4. The Kier molecular flexibility index (Phi) is 6.93. The molecule has 0 atom stereocenters. The molecule has 0 unspecified atom stereocenters. The summed E-state index contributed by atoms with van der Waals surface area (Å²) in [6, 6.07) is 4.44. The van der Waals surface area contributed by atoms with Crippen molar-refractivity contribution in [3.8, 4) is 10.7 Å². The van der Waals surface area contributed by atoms with Crippen molar-refractivity contribution < 1.29 is 4.79 Å². The molecule has 0 aromatic carbocycles. The highest BCUT2D eigenvalue weighted by Crippen LogP contribution is 2.27. The molecule has 0 bridgehead atoms. The summed E-state index contributed by atoms with van der Waals surface area (Å²) in [5.41, 5.74) is 0. The lowest BCUT2D eigenvalue weighted by Crippen LogP contribution is -2.35. The summed E-state index contributed by atoms with van der Waals surface area (Å²) < 4.78 is 2.13. The van der Waals surface area contributed by atoms with E-state index in [1.165, 1.54) is 37.4 Å². The molecular weight excluding hydrogens is 352 g/mol. The predicted molar refractivity (Wildman–Crippen MR) is 104 cm³/mol. The summed E-state index contributed by atoms with van der Waals surface area (Å²) in [5, 5.41) is 14.8. The number of rotatable bonds is 7. The molecule has 1 saturated carbocycles. The van der Waals surface area contributed by atoms with Crippen LogP contribution in [0.15, 0.2) is 22.7 Å². The third-order valence-corrected chi connectivity index (χ3v) is 6.29. The van der Waals surface area contributed by atoms with Gasteiger partial charge in [0.25, 0.3) is 0 Å². The number of nitrogens with one attached hydrogen (secondary N) is 1. The molecule has 1 aliphatic carbocycles. The fourth-order valence-electron chi connectivity index (χ4n) is 3.23. The van der Waals surface area contributed by atoms with Gasteiger partial charge in [-0.25, -0.2) is 0 Å². The van der Waals surface area contributed by atoms with E-state index in [0.29, 0.717) is 11.8 Å². The largest absolute Gasteiger partial charge is 0.353 e. The summed E-state index contributed by atoms with van der Waals surface area (Å²) in [5.74, 6) is 1.42. The lowest BCUT2D eigenvalue weighted by molar-refractivity contribution is -0.119. The van der Waals surface area contributed by atoms with Gasteiger partial charge in [0.1, 0.15) is 0 Å². The number of hydrogen-bond acceptors (Lipinski definition) is 5. The van der Waals surface area contributed by atoms with E-state index in [4.69, 9.17) is 0 Å². The maximum absolute atomic E-state index is 12.3. The van der Waals surface area contributed by atoms with Gasteiger partial charge in [-0.05, 0) is 30.7 Å². The van der Waals surface area contributed by atoms with Crippen molar-refractivity contribution in [2.24, 2.45) is 0 Å². The lowest BCUT2D eigenvalue weighted by atomic mass is 10.1. The first-order chi connectivity index (χ1) is 12.3. The number of thiophene rings is 1. The molecule has 136 valence electrons. The van der Waals surface area contributed by atoms with Crippen LogP contribution < -0.4 is 5.32 Å². The summed E-state index contributed by atoms with van der Waals surface area (Å²) >= 11 is 3.16. The smallest absolute Gasteiger partial charge is 0.230 e. The number of aromatic nitrogens is 3. The van der Waals surface area contributed by atoms with E-state index in [0.717, 1.165) is 41.7 Å². The molecule has 0 saturated heterocycles. The number of thioether (sulfide) groups is 1. The number of amides is 1. The van der Waals surface area contributed by atoms with Crippen LogP contribution in [0.1, 0.15) is 51.9 Å². The van der Waals surface area contributed by atoms with Crippen LogP contribution in [0.25, 0.3) is 10.7 Å². The van der Waals surface area contributed by atoms with E-state index in [2.05, 4.69) is 33.1 Å². The minimum Gasteiger partial charge on any atom is -0.353 e. The van der Waals surface area contributed by atoms with Gasteiger partial charge in [-0.15, -0.1) is 21.5 Å². The molecule has 1 N–H and O–H groups in total. The van der Waals surface area contributed by atoms with Crippen molar-refractivity contribution in [1.29, 1.82) is 0 Å². The molecule has 25 heavy (non-hydrogen) atoms. The minimum atomic E-state index is 0.112. The maximum atomic E-state index is 12.3. The van der Waals surface area contributed by atoms with Gasteiger partial charge in [0.15, 0.2) is 11.0 Å². The van der Waals surface area contributed by atoms with Crippen LogP contribution in [0.4, 0.5) is 0 Å². The molecule has 7 heteroatoms. The highest BCUT2D eigenvalue weighted by atomic mass is 32.2. The van der Waals surface area contributed by atoms with Crippen LogP contribution in [-0.2, 0) is 11.3 Å². The number of carbonyl (C=O) groups is 1. The normalized spacial score (nSPS) is 15.9. The first-order valence-electron chi connectivity index (χ1n) is 9.17. The molecule has 2 aromatic heterocycles. The molecule has 3 rings (SSSR count). The van der Waals surface area contributed by atoms with Gasteiger partial charge in [0, 0.05) is 12.6 Å². The summed E-state index contributed by atoms with van der Waals surface area (Å²) in [6.07, 6.45) is 8.30. The van der Waals surface area contributed by atoms with E-state index in [-0.39, 0.29) is 5.91 Å². The van der Waals surface area contributed by atoms with E-state index in [1.54, 1.807) is 11.3 Å². The van der Waals surface area contributed by atoms with Gasteiger partial charge in [-0.1, -0.05) is 50.4 Å². The summed E-state index contributed by atoms with van der Waals surface area (Å²) in [6.45, 7) is 3.01. The van der Waals surface area contributed by atoms with Gasteiger partial charge in [-0.3, -0.25) is 4.79 Å². The Hall–Kier alpha value is -1.34. The lowest BCUT2D eigenvalue weighted by Gasteiger charge is -2.16. The third-order valence-electron chi connectivity index (χ3n) is 4.46. The molecule has 5 nitrogen and oxygen atoms in total. The Bertz CT molecular complexity index is 661. The minimum absolute atomic E-state index is 0.112. The van der Waals surface area contributed by atoms with E-state index >= 15 is 0 Å². The van der Waals surface area contributed by atoms with Gasteiger partial charge >= 0.3 is 0 Å². The molecule has 2 heterocycles. The second kappa shape index (κ2) is 9.38. The molecule has 0 aliphatic heterocycles. The standard InChI is InChI=1S/C18H26N4OS2/c1-2-11-22-17(15-10-7-12-24-15)20-21-18(22)25-13-16(23)19-14-8-5-3-4-6-9-14/h7,10,12,14H,2-6,8-9,11,13H2,1H3,(H,19,23). The molecule has 1 aliphatic rings. The molecular formula is C18H26N4OS2. The van der Waals surface area contributed by atoms with Crippen LogP contribution in [-0.4, -0.2) is 32.5 Å². The average Bonchev–Trinajstić information content (AvgIpc) is 3.19. The van der Waals surface area contributed by atoms with Gasteiger partial charge in [0.05, 0.1) is 10.6 Å². The van der Waals surface area contributed by atoms with E-state index < -0.39 is 0 Å². The molecule has 2 aromatic rings. The van der Waals surface area contributed by atoms with Crippen LogP contribution in [0.2, 0.25) is 0 Å². The Morgan fingerprint density at radius 1 is 1.32 bits per heavy atom. The molecule has 0 radical (unpaired) electrons. The van der Waals surface area contributed by atoms with Crippen LogP contribution >= 0.6 is 23.1 Å². The van der Waals surface area contributed by atoms with Crippen molar-refractivity contribution in [3.63, 3.8) is 0 Å². The highest BCUT2D eigenvalue weighted by molar-refractivity contribution is 7.99. The monoisotopic (exact) mass is 378 g/mol. The van der Waals surface area contributed by atoms with Crippen molar-refractivity contribution in [1.82, 2.24) is 20.1 Å². The van der Waals surface area contributed by atoms with Crippen LogP contribution in [0, 0.1) is 0 Å². The molecule has 1 amide bonds. The zero-order valence-corrected chi connectivity index (χ0v) is 16.4. The van der Waals surface area contributed by atoms with Crippen LogP contribution in [0.5, 0.6) is 0 Å². The SMILES string of the molecule is CCCn1c(SCC(=O)NC2CCCCCC2)nnc1-c1cccs1. The zero-order valence-electron chi connectivity index (χ0n) is 14.7. The molecule has 0 spiro atoms. The fourth-order valence-corrected chi connectivity index (χ4v) is 4.72. The topological polar surface area (TPSA) is 59.8 Å². The molecule has 1 fully saturated rings. The second-order valence-corrected chi connectivity index (χ2v) is 8.37. The highest BCUT2D eigenvalue weighted by Gasteiger charge is 2.18. The quantitative estimate of drug-likeness (QED) is 0.575. The number of carbonyl (C=O) groups excluding carboxylic acids is 1. The average molecular weight is 379 g/mol. The van der Waals surface area contributed by atoms with Crippen molar-refractivity contribution in [2.45, 2.75) is 69.6 Å². The number of hydrogen-bond donors (Lipinski definition) is 1. The Morgan fingerprint density at radius 2 is 2.12 bits per heavy atom. The third kappa shape index (κ3) is 5.07. The zero-order chi connectivity index (χ0) is 17.5. The van der Waals surface area contributed by atoms with Crippen molar-refractivity contribution >= 4 is 29.0 Å². The summed E-state index contributed by atoms with van der Waals surface area (Å²) in [7, 11) is 0. The van der Waals surface area contributed by atoms with Gasteiger partial charge in [-0.2, -0.15) is 0 Å². The first-order valence-corrected chi connectivity index (χ1v) is 11.0. The van der Waals surface area contributed by atoms with Gasteiger partial charge < -0.3 is 9.88 Å². The first kappa shape index (κ1) is 18.5. The maximum Gasteiger partial charge on any atom is 0.230 e. The van der Waals surface area contributed by atoms with Crippen LogP contribution in [0.3, 0.4) is 0 Å². The van der Waals surface area contributed by atoms with E-state index in [1.807, 2.05) is 11.4 Å². The van der Waals surface area contributed by atoms with Crippen molar-refractivity contribution in [2.75, 3.05) is 5.75 Å². The van der Waals surface area contributed by atoms with Gasteiger partial charge in [0.2, 0.25) is 5.91 Å². The van der Waals surface area contributed by atoms with Crippen molar-refractivity contribution in [3.05, 3.63) is 17.5 Å².